The van der Waals surface area contributed by atoms with E-state index in [1.165, 1.54) is 11.3 Å². The fourth-order valence-electron chi connectivity index (χ4n) is 1.19. The molecular weight excluding hydrogens is 268 g/mol. The second-order valence-corrected chi connectivity index (χ2v) is 5.33. The molecule has 1 heterocycles. The van der Waals surface area contributed by atoms with E-state index in [1.54, 1.807) is 13.8 Å². The van der Waals surface area contributed by atoms with Crippen LogP contribution in [0.3, 0.4) is 0 Å². The van der Waals surface area contributed by atoms with E-state index in [-0.39, 0.29) is 0 Å². The van der Waals surface area contributed by atoms with E-state index >= 15 is 0 Å². The van der Waals surface area contributed by atoms with Crippen LogP contribution in [0.4, 0.5) is 0 Å². The third-order valence-electron chi connectivity index (χ3n) is 2.12. The van der Waals surface area contributed by atoms with Gasteiger partial charge < -0.3 is 10.2 Å². The van der Waals surface area contributed by atoms with E-state index in [1.807, 2.05) is 11.4 Å². The number of hydrogen-bond acceptors (Lipinski definition) is 3. The van der Waals surface area contributed by atoms with Gasteiger partial charge in [-0.3, -0.25) is 0 Å². The molecule has 1 aromatic heterocycles. The lowest BCUT2D eigenvalue weighted by Gasteiger charge is -2.26. The predicted octanol–water partition coefficient (Wildman–Crippen LogP) is 2.23. The lowest BCUT2D eigenvalue weighted by Crippen LogP contribution is -2.39. The van der Waals surface area contributed by atoms with E-state index in [9.17, 15) is 9.90 Å². The molecule has 0 amide bonds. The van der Waals surface area contributed by atoms with Gasteiger partial charge in [-0.15, -0.1) is 11.3 Å². The number of halogens is 1. The van der Waals surface area contributed by atoms with E-state index in [2.05, 4.69) is 15.9 Å². The van der Waals surface area contributed by atoms with Crippen molar-refractivity contribution in [2.24, 2.45) is 0 Å². The zero-order valence-corrected chi connectivity index (χ0v) is 10.2. The third-order valence-corrected chi connectivity index (χ3v) is 4.30. The molecule has 1 atom stereocenters. The smallest absolute Gasteiger partial charge is 0.333 e. The van der Waals surface area contributed by atoms with Gasteiger partial charge >= 0.3 is 5.97 Å². The number of carboxylic acid groups (broad SMARTS) is 1. The maximum Gasteiger partial charge on any atom is 0.333 e. The molecule has 0 saturated heterocycles. The lowest BCUT2D eigenvalue weighted by molar-refractivity contribution is -0.150. The Bertz CT molecular complexity index is 346. The molecule has 0 aliphatic heterocycles. The lowest BCUT2D eigenvalue weighted by atomic mass is 9.85. The van der Waals surface area contributed by atoms with Crippen LogP contribution in [0.5, 0.6) is 0 Å². The third kappa shape index (κ3) is 1.99. The number of aliphatic carboxylic acids is 1. The fourth-order valence-corrected chi connectivity index (χ4v) is 3.22. The minimum atomic E-state index is -1.39. The van der Waals surface area contributed by atoms with Crippen LogP contribution in [-0.2, 0) is 10.2 Å². The van der Waals surface area contributed by atoms with Gasteiger partial charge in [0.15, 0.2) is 6.10 Å². The second-order valence-electron chi connectivity index (χ2n) is 3.56. The Balaban J connectivity index is 3.07. The van der Waals surface area contributed by atoms with Crippen molar-refractivity contribution in [1.82, 2.24) is 0 Å². The van der Waals surface area contributed by atoms with Crippen LogP contribution in [0, 0.1) is 0 Å². The van der Waals surface area contributed by atoms with Crippen LogP contribution in [-0.4, -0.2) is 22.3 Å². The highest BCUT2D eigenvalue weighted by molar-refractivity contribution is 9.10. The van der Waals surface area contributed by atoms with E-state index in [0.29, 0.717) is 0 Å². The molecule has 0 bridgehead atoms. The Morgan fingerprint density at radius 1 is 1.64 bits per heavy atom. The summed E-state index contributed by atoms with van der Waals surface area (Å²) in [6.45, 7) is 3.42. The van der Waals surface area contributed by atoms with Crippen molar-refractivity contribution in [3.8, 4) is 0 Å². The van der Waals surface area contributed by atoms with Crippen LogP contribution >= 0.6 is 27.3 Å². The van der Waals surface area contributed by atoms with Crippen molar-refractivity contribution in [3.63, 3.8) is 0 Å². The summed E-state index contributed by atoms with van der Waals surface area (Å²) < 4.78 is 0.841. The Kier molecular flexibility index (Phi) is 3.34. The molecule has 0 aliphatic carbocycles. The molecule has 0 aliphatic rings. The normalized spacial score (nSPS) is 14.0. The summed E-state index contributed by atoms with van der Waals surface area (Å²) in [6.07, 6.45) is -1.39. The zero-order valence-electron chi connectivity index (χ0n) is 7.82. The monoisotopic (exact) mass is 278 g/mol. The summed E-state index contributed by atoms with van der Waals surface area (Å²) in [5.41, 5.74) is -0.779. The second kappa shape index (κ2) is 4.00. The van der Waals surface area contributed by atoms with E-state index in [4.69, 9.17) is 5.11 Å². The molecule has 1 aromatic rings. The molecule has 1 unspecified atom stereocenters. The average Bonchev–Trinajstić information content (AvgIpc) is 2.50. The van der Waals surface area contributed by atoms with Gasteiger partial charge in [0.2, 0.25) is 0 Å². The topological polar surface area (TPSA) is 57.5 Å². The number of aliphatic hydroxyl groups is 1. The summed E-state index contributed by atoms with van der Waals surface area (Å²) >= 11 is 4.76. The maximum absolute atomic E-state index is 10.7. The molecule has 1 rings (SSSR count). The molecule has 2 N–H and O–H groups in total. The quantitative estimate of drug-likeness (QED) is 0.892. The van der Waals surface area contributed by atoms with Crippen molar-refractivity contribution in [2.45, 2.75) is 25.4 Å². The first-order valence-corrected chi connectivity index (χ1v) is 5.69. The Labute approximate surface area is 94.5 Å². The van der Waals surface area contributed by atoms with Crippen LogP contribution in [0.2, 0.25) is 0 Å². The molecule has 5 heteroatoms. The van der Waals surface area contributed by atoms with Crippen LogP contribution < -0.4 is 0 Å². The Morgan fingerprint density at radius 3 is 2.57 bits per heavy atom. The molecular formula is C9H11BrO3S. The van der Waals surface area contributed by atoms with Gasteiger partial charge in [0, 0.05) is 14.8 Å². The maximum atomic E-state index is 10.7. The summed E-state index contributed by atoms with van der Waals surface area (Å²) in [5, 5.41) is 20.1. The first-order chi connectivity index (χ1) is 6.37. The van der Waals surface area contributed by atoms with Crippen molar-refractivity contribution in [1.29, 1.82) is 0 Å². The largest absolute Gasteiger partial charge is 0.479 e. The number of carbonyl (C=O) groups is 1. The van der Waals surface area contributed by atoms with Gasteiger partial charge in [-0.05, 0) is 27.4 Å². The average molecular weight is 279 g/mol. The molecule has 0 saturated carbocycles. The highest BCUT2D eigenvalue weighted by atomic mass is 79.9. The van der Waals surface area contributed by atoms with Gasteiger partial charge in [0.25, 0.3) is 0 Å². The van der Waals surface area contributed by atoms with Gasteiger partial charge in [0.05, 0.1) is 0 Å². The number of carboxylic acids is 1. The molecule has 0 aromatic carbocycles. The van der Waals surface area contributed by atoms with Crippen molar-refractivity contribution in [2.75, 3.05) is 0 Å². The van der Waals surface area contributed by atoms with Crippen LogP contribution in [0.25, 0.3) is 0 Å². The molecule has 0 fully saturated rings. The highest BCUT2D eigenvalue weighted by Gasteiger charge is 2.37. The summed E-state index contributed by atoms with van der Waals surface area (Å²) in [7, 11) is 0. The number of hydrogen-bond donors (Lipinski definition) is 2. The highest BCUT2D eigenvalue weighted by Crippen LogP contribution is 2.37. The van der Waals surface area contributed by atoms with E-state index < -0.39 is 17.5 Å². The van der Waals surface area contributed by atoms with Crippen LogP contribution in [0.1, 0.15) is 18.7 Å². The SMILES string of the molecule is CC(C)(c1sccc1Br)C(O)C(=O)O. The summed E-state index contributed by atoms with van der Waals surface area (Å²) in [5.74, 6) is -1.20. The van der Waals surface area contributed by atoms with Gasteiger partial charge in [-0.1, -0.05) is 13.8 Å². The summed E-state index contributed by atoms with van der Waals surface area (Å²) in [6, 6.07) is 1.84. The molecule has 0 radical (unpaired) electrons. The number of rotatable bonds is 3. The van der Waals surface area contributed by atoms with Gasteiger partial charge in [-0.25, -0.2) is 4.79 Å². The fraction of sp³-hybridized carbons (Fsp3) is 0.444. The van der Waals surface area contributed by atoms with E-state index in [0.717, 1.165) is 9.35 Å². The van der Waals surface area contributed by atoms with Gasteiger partial charge in [-0.2, -0.15) is 0 Å². The predicted molar refractivity (Wildman–Crippen MR) is 58.7 cm³/mol. The zero-order chi connectivity index (χ0) is 10.9. The minimum Gasteiger partial charge on any atom is -0.479 e. The number of aliphatic hydroxyl groups excluding tert-OH is 1. The first-order valence-electron chi connectivity index (χ1n) is 4.01. The van der Waals surface area contributed by atoms with Crippen molar-refractivity contribution >= 4 is 33.2 Å². The Morgan fingerprint density at radius 2 is 2.21 bits per heavy atom. The standard InChI is InChI=1S/C9H11BrO3S/c1-9(2,6(11)8(12)13)7-5(10)3-4-14-7/h3-4,6,11H,1-2H3,(H,12,13). The van der Waals surface area contributed by atoms with Gasteiger partial charge in [0.1, 0.15) is 0 Å². The minimum absolute atomic E-state index is 0.779. The first kappa shape index (κ1) is 11.7. The number of thiophene rings is 1. The molecule has 0 spiro atoms. The molecule has 14 heavy (non-hydrogen) atoms. The van der Waals surface area contributed by atoms with Crippen molar-refractivity contribution in [3.05, 3.63) is 20.8 Å². The Hall–Kier alpha value is -0.390. The van der Waals surface area contributed by atoms with Crippen molar-refractivity contribution < 1.29 is 15.0 Å². The molecule has 78 valence electrons. The van der Waals surface area contributed by atoms with Crippen LogP contribution in [0.15, 0.2) is 15.9 Å². The summed E-state index contributed by atoms with van der Waals surface area (Å²) in [4.78, 5) is 11.5. The molecule has 3 nitrogen and oxygen atoms in total.